The van der Waals surface area contributed by atoms with E-state index in [1.165, 1.54) is 12.5 Å². The zero-order valence-corrected chi connectivity index (χ0v) is 7.40. The highest BCUT2D eigenvalue weighted by Crippen LogP contribution is 2.34. The van der Waals surface area contributed by atoms with Crippen molar-refractivity contribution in [2.75, 3.05) is 0 Å². The van der Waals surface area contributed by atoms with Gasteiger partial charge in [0.05, 0.1) is 11.8 Å². The summed E-state index contributed by atoms with van der Waals surface area (Å²) in [5.74, 6) is -0.785. The van der Waals surface area contributed by atoms with E-state index in [0.717, 1.165) is 0 Å². The van der Waals surface area contributed by atoms with Crippen LogP contribution in [-0.4, -0.2) is 21.5 Å². The number of halogens is 2. The van der Waals surface area contributed by atoms with Gasteiger partial charge in [0.2, 0.25) is 6.43 Å². The first-order valence-corrected chi connectivity index (χ1v) is 4.43. The zero-order chi connectivity index (χ0) is 10.1. The lowest BCUT2D eigenvalue weighted by Crippen LogP contribution is -2.25. The van der Waals surface area contributed by atoms with Crippen molar-refractivity contribution in [2.24, 2.45) is 5.92 Å². The van der Waals surface area contributed by atoms with Crippen molar-refractivity contribution >= 4 is 0 Å². The SMILES string of the molecule is O[C@@H]1C[C@@H](C(F)F)Cc2ncncc21. The van der Waals surface area contributed by atoms with Gasteiger partial charge >= 0.3 is 0 Å². The van der Waals surface area contributed by atoms with Crippen LogP contribution in [0, 0.1) is 5.92 Å². The maximum Gasteiger partial charge on any atom is 0.241 e. The average Bonchev–Trinajstić information content (AvgIpc) is 2.17. The zero-order valence-electron chi connectivity index (χ0n) is 7.40. The molecule has 2 rings (SSSR count). The molecular weight excluding hydrogens is 190 g/mol. The minimum Gasteiger partial charge on any atom is -0.388 e. The maximum absolute atomic E-state index is 12.4. The lowest BCUT2D eigenvalue weighted by Gasteiger charge is -2.26. The molecule has 0 aliphatic heterocycles. The summed E-state index contributed by atoms with van der Waals surface area (Å²) in [6, 6.07) is 0. The molecule has 0 bridgehead atoms. The van der Waals surface area contributed by atoms with Crippen LogP contribution in [0.5, 0.6) is 0 Å². The Morgan fingerprint density at radius 2 is 2.29 bits per heavy atom. The van der Waals surface area contributed by atoms with E-state index < -0.39 is 18.4 Å². The fraction of sp³-hybridized carbons (Fsp3) is 0.556. The third kappa shape index (κ3) is 1.59. The van der Waals surface area contributed by atoms with Crippen LogP contribution < -0.4 is 0 Å². The molecule has 1 aromatic rings. The molecule has 0 unspecified atom stereocenters. The molecule has 14 heavy (non-hydrogen) atoms. The summed E-state index contributed by atoms with van der Waals surface area (Å²) in [5.41, 5.74) is 1.13. The third-order valence-electron chi connectivity index (χ3n) is 2.52. The smallest absolute Gasteiger partial charge is 0.241 e. The number of rotatable bonds is 1. The van der Waals surface area contributed by atoms with Gasteiger partial charge in [-0.2, -0.15) is 0 Å². The summed E-state index contributed by atoms with van der Waals surface area (Å²) < 4.78 is 24.9. The van der Waals surface area contributed by atoms with Crippen LogP contribution >= 0.6 is 0 Å². The highest BCUT2D eigenvalue weighted by Gasteiger charge is 2.31. The molecule has 76 valence electrons. The van der Waals surface area contributed by atoms with E-state index in [-0.39, 0.29) is 12.8 Å². The maximum atomic E-state index is 12.4. The fourth-order valence-electron chi connectivity index (χ4n) is 1.75. The van der Waals surface area contributed by atoms with Gasteiger partial charge in [-0.05, 0) is 12.8 Å². The Labute approximate surface area is 79.8 Å². The number of fused-ring (bicyclic) bond motifs is 1. The van der Waals surface area contributed by atoms with E-state index in [1.807, 2.05) is 0 Å². The molecule has 0 radical (unpaired) electrons. The number of aliphatic hydroxyl groups is 1. The van der Waals surface area contributed by atoms with Crippen LogP contribution in [0.15, 0.2) is 12.5 Å². The fourth-order valence-corrected chi connectivity index (χ4v) is 1.75. The number of alkyl halides is 2. The van der Waals surface area contributed by atoms with Crippen molar-refractivity contribution in [2.45, 2.75) is 25.4 Å². The standard InChI is InChI=1S/C9H10F2N2O/c10-9(11)5-1-7-6(8(14)2-5)3-12-4-13-7/h3-5,8-9,14H,1-2H2/t5-,8+/m0/s1. The first-order valence-electron chi connectivity index (χ1n) is 4.43. The van der Waals surface area contributed by atoms with Crippen LogP contribution in [0.3, 0.4) is 0 Å². The molecule has 0 saturated heterocycles. The van der Waals surface area contributed by atoms with Crippen LogP contribution in [0.25, 0.3) is 0 Å². The van der Waals surface area contributed by atoms with Gasteiger partial charge in [0.15, 0.2) is 0 Å². The number of hydrogen-bond acceptors (Lipinski definition) is 3. The van der Waals surface area contributed by atoms with Crippen molar-refractivity contribution in [3.8, 4) is 0 Å². The van der Waals surface area contributed by atoms with E-state index in [4.69, 9.17) is 0 Å². The Balaban J connectivity index is 2.29. The van der Waals surface area contributed by atoms with E-state index in [2.05, 4.69) is 9.97 Å². The molecule has 3 nitrogen and oxygen atoms in total. The predicted molar refractivity (Wildman–Crippen MR) is 44.8 cm³/mol. The number of hydrogen-bond donors (Lipinski definition) is 1. The van der Waals surface area contributed by atoms with Gasteiger partial charge in [0.1, 0.15) is 6.33 Å². The van der Waals surface area contributed by atoms with Gasteiger partial charge in [-0.3, -0.25) is 0 Å². The number of nitrogens with zero attached hydrogens (tertiary/aromatic N) is 2. The second-order valence-corrected chi connectivity index (χ2v) is 3.47. The van der Waals surface area contributed by atoms with Crippen molar-refractivity contribution in [1.82, 2.24) is 9.97 Å². The summed E-state index contributed by atoms with van der Waals surface area (Å²) in [6.45, 7) is 0. The highest BCUT2D eigenvalue weighted by atomic mass is 19.3. The molecule has 0 fully saturated rings. The molecule has 1 heterocycles. The minimum absolute atomic E-state index is 0.0953. The van der Waals surface area contributed by atoms with Crippen molar-refractivity contribution < 1.29 is 13.9 Å². The molecule has 1 aromatic heterocycles. The van der Waals surface area contributed by atoms with Crippen LogP contribution in [-0.2, 0) is 6.42 Å². The normalized spacial score (nSPS) is 26.3. The lowest BCUT2D eigenvalue weighted by atomic mass is 9.86. The van der Waals surface area contributed by atoms with E-state index in [0.29, 0.717) is 11.3 Å². The van der Waals surface area contributed by atoms with Gasteiger partial charge in [-0.25, -0.2) is 18.7 Å². The molecule has 1 aliphatic carbocycles. The molecule has 1 N–H and O–H groups in total. The second kappa shape index (κ2) is 3.57. The molecule has 1 aliphatic rings. The highest BCUT2D eigenvalue weighted by molar-refractivity contribution is 5.22. The van der Waals surface area contributed by atoms with E-state index >= 15 is 0 Å². The van der Waals surface area contributed by atoms with Gasteiger partial charge in [-0.15, -0.1) is 0 Å². The molecule has 0 spiro atoms. The monoisotopic (exact) mass is 200 g/mol. The second-order valence-electron chi connectivity index (χ2n) is 3.47. The molecule has 0 aromatic carbocycles. The van der Waals surface area contributed by atoms with E-state index in [1.54, 1.807) is 0 Å². The Hall–Kier alpha value is -1.10. The van der Waals surface area contributed by atoms with Crippen LogP contribution in [0.1, 0.15) is 23.8 Å². The molecule has 0 saturated carbocycles. The summed E-state index contributed by atoms with van der Waals surface area (Å²) in [7, 11) is 0. The number of aromatic nitrogens is 2. The molecule has 2 atom stereocenters. The summed E-state index contributed by atoms with van der Waals surface area (Å²) in [4.78, 5) is 7.66. The van der Waals surface area contributed by atoms with Gasteiger partial charge in [-0.1, -0.05) is 0 Å². The molecule has 0 amide bonds. The topological polar surface area (TPSA) is 46.0 Å². The molecular formula is C9H10F2N2O. The summed E-state index contributed by atoms with van der Waals surface area (Å²) in [6.07, 6.45) is -0.106. The third-order valence-corrected chi connectivity index (χ3v) is 2.52. The van der Waals surface area contributed by atoms with Gasteiger partial charge < -0.3 is 5.11 Å². The Morgan fingerprint density at radius 3 is 3.00 bits per heavy atom. The van der Waals surface area contributed by atoms with Crippen LogP contribution in [0.2, 0.25) is 0 Å². The average molecular weight is 200 g/mol. The molecule has 5 heteroatoms. The summed E-state index contributed by atoms with van der Waals surface area (Å²) in [5, 5.41) is 9.57. The van der Waals surface area contributed by atoms with Crippen molar-refractivity contribution in [3.05, 3.63) is 23.8 Å². The minimum atomic E-state index is -2.40. The number of aliphatic hydroxyl groups excluding tert-OH is 1. The van der Waals surface area contributed by atoms with Gasteiger partial charge in [0.25, 0.3) is 0 Å². The van der Waals surface area contributed by atoms with Gasteiger partial charge in [0, 0.05) is 17.7 Å². The lowest BCUT2D eigenvalue weighted by molar-refractivity contribution is 0.0291. The van der Waals surface area contributed by atoms with Crippen molar-refractivity contribution in [1.29, 1.82) is 0 Å². The van der Waals surface area contributed by atoms with Crippen LogP contribution in [0.4, 0.5) is 8.78 Å². The van der Waals surface area contributed by atoms with Crippen molar-refractivity contribution in [3.63, 3.8) is 0 Å². The first-order chi connectivity index (χ1) is 6.68. The predicted octanol–water partition coefficient (Wildman–Crippen LogP) is 1.34. The largest absolute Gasteiger partial charge is 0.388 e. The van der Waals surface area contributed by atoms with E-state index in [9.17, 15) is 13.9 Å². The Morgan fingerprint density at radius 1 is 1.50 bits per heavy atom. The first kappa shape index (κ1) is 9.45. The Bertz CT molecular complexity index is 332. The quantitative estimate of drug-likeness (QED) is 0.744. The Kier molecular flexibility index (Phi) is 2.41. The summed E-state index contributed by atoms with van der Waals surface area (Å²) >= 11 is 0.